The number of anilines is 2. The molecule has 0 atom stereocenters. The Balaban J connectivity index is 1.53. The summed E-state index contributed by atoms with van der Waals surface area (Å²) in [6.45, 7) is 10.4. The molecule has 7 heteroatoms. The average molecular weight is 414 g/mol. The number of carbonyl (C=O) groups excluding carboxylic acids is 1. The van der Waals surface area contributed by atoms with Gasteiger partial charge in [-0.15, -0.1) is 0 Å². The van der Waals surface area contributed by atoms with Crippen LogP contribution in [0.25, 0.3) is 0 Å². The average Bonchev–Trinajstić information content (AvgIpc) is 2.75. The first-order valence-electron chi connectivity index (χ1n) is 10.1. The second kappa shape index (κ2) is 10.2. The molecule has 0 unspecified atom stereocenters. The largest absolute Gasteiger partial charge is 0.494 e. The van der Waals surface area contributed by atoms with Crippen LogP contribution in [0, 0.1) is 0 Å². The van der Waals surface area contributed by atoms with E-state index in [0.717, 1.165) is 18.8 Å². The lowest BCUT2D eigenvalue weighted by Crippen LogP contribution is -3.14. The summed E-state index contributed by atoms with van der Waals surface area (Å²) in [6.07, 6.45) is 0. The Hall–Kier alpha value is -2.64. The van der Waals surface area contributed by atoms with E-state index < -0.39 is 0 Å². The van der Waals surface area contributed by atoms with Gasteiger partial charge in [-0.1, -0.05) is 6.07 Å². The van der Waals surface area contributed by atoms with Crippen molar-refractivity contribution in [1.29, 1.82) is 0 Å². The molecule has 6 nitrogen and oxygen atoms in total. The quantitative estimate of drug-likeness (QED) is 0.632. The highest BCUT2D eigenvalue weighted by atomic mass is 32.1. The Morgan fingerprint density at radius 2 is 1.86 bits per heavy atom. The minimum absolute atomic E-state index is 0.267. The third-order valence-electron chi connectivity index (χ3n) is 5.10. The molecule has 1 fully saturated rings. The number of thiocarbonyl (C=S) groups is 1. The highest BCUT2D eigenvalue weighted by Gasteiger charge is 2.18. The van der Waals surface area contributed by atoms with E-state index in [9.17, 15) is 4.79 Å². The molecule has 29 heavy (non-hydrogen) atoms. The number of hydrogen-bond acceptors (Lipinski definition) is 4. The van der Waals surface area contributed by atoms with Gasteiger partial charge in [-0.25, -0.2) is 0 Å². The van der Waals surface area contributed by atoms with Crippen molar-refractivity contribution in [2.75, 3.05) is 49.5 Å². The fourth-order valence-electron chi connectivity index (χ4n) is 3.42. The van der Waals surface area contributed by atoms with Crippen LogP contribution in [0.3, 0.4) is 0 Å². The van der Waals surface area contributed by atoms with Gasteiger partial charge >= 0.3 is 0 Å². The van der Waals surface area contributed by atoms with Gasteiger partial charge in [-0.2, -0.15) is 0 Å². The van der Waals surface area contributed by atoms with Gasteiger partial charge in [-0.05, 0) is 68.5 Å². The van der Waals surface area contributed by atoms with E-state index in [2.05, 4.69) is 34.6 Å². The standard InChI is InChI=1S/C22H28N4O2S/c1-3-25-12-14-26(15-13-25)19-10-8-18(9-11-19)23-22(29)24-21(27)17-6-5-7-20(16-17)28-4-2/h5-11,16H,3-4,12-15H2,1-2H3,(H2,23,24,27,29)/p+1. The van der Waals surface area contributed by atoms with Crippen molar-refractivity contribution >= 4 is 34.6 Å². The smallest absolute Gasteiger partial charge is 0.257 e. The van der Waals surface area contributed by atoms with Crippen LogP contribution in [-0.4, -0.2) is 50.4 Å². The maximum Gasteiger partial charge on any atom is 0.257 e. The number of piperazine rings is 1. The van der Waals surface area contributed by atoms with Crippen LogP contribution in [0.2, 0.25) is 0 Å². The molecule has 1 amide bonds. The van der Waals surface area contributed by atoms with E-state index in [1.165, 1.54) is 25.3 Å². The summed E-state index contributed by atoms with van der Waals surface area (Å²) in [6, 6.07) is 15.2. The summed E-state index contributed by atoms with van der Waals surface area (Å²) >= 11 is 5.29. The lowest BCUT2D eigenvalue weighted by molar-refractivity contribution is -0.898. The molecular formula is C22H29N4O2S+. The molecule has 1 aliphatic heterocycles. The van der Waals surface area contributed by atoms with Crippen molar-refractivity contribution in [3.05, 3.63) is 54.1 Å². The molecule has 2 aromatic carbocycles. The maximum atomic E-state index is 12.4. The van der Waals surface area contributed by atoms with Crippen molar-refractivity contribution in [2.24, 2.45) is 0 Å². The molecule has 1 aliphatic rings. The zero-order chi connectivity index (χ0) is 20.6. The first kappa shape index (κ1) is 21.1. The van der Waals surface area contributed by atoms with Crippen molar-refractivity contribution < 1.29 is 14.4 Å². The summed E-state index contributed by atoms with van der Waals surface area (Å²) in [7, 11) is 0. The molecule has 0 spiro atoms. The molecule has 3 N–H and O–H groups in total. The van der Waals surface area contributed by atoms with E-state index in [1.807, 2.05) is 25.1 Å². The fraction of sp³-hybridized carbons (Fsp3) is 0.364. The van der Waals surface area contributed by atoms with Crippen LogP contribution in [0.1, 0.15) is 24.2 Å². The number of amides is 1. The van der Waals surface area contributed by atoms with Gasteiger partial charge in [0.25, 0.3) is 5.91 Å². The van der Waals surface area contributed by atoms with Crippen LogP contribution in [-0.2, 0) is 0 Å². The van der Waals surface area contributed by atoms with Crippen LogP contribution in [0.4, 0.5) is 11.4 Å². The number of nitrogens with zero attached hydrogens (tertiary/aromatic N) is 1. The molecule has 0 aromatic heterocycles. The van der Waals surface area contributed by atoms with Crippen molar-refractivity contribution in [1.82, 2.24) is 5.32 Å². The van der Waals surface area contributed by atoms with Gasteiger partial charge in [-0.3, -0.25) is 10.1 Å². The highest BCUT2D eigenvalue weighted by Crippen LogP contribution is 2.18. The van der Waals surface area contributed by atoms with Gasteiger partial charge in [0.2, 0.25) is 0 Å². The van der Waals surface area contributed by atoms with Crippen LogP contribution in [0.15, 0.2) is 48.5 Å². The number of nitrogens with one attached hydrogen (secondary N) is 3. The third-order valence-corrected chi connectivity index (χ3v) is 5.30. The van der Waals surface area contributed by atoms with E-state index in [-0.39, 0.29) is 11.0 Å². The second-order valence-corrected chi connectivity index (χ2v) is 7.41. The predicted molar refractivity (Wildman–Crippen MR) is 121 cm³/mol. The minimum Gasteiger partial charge on any atom is -0.494 e. The third kappa shape index (κ3) is 5.92. The Morgan fingerprint density at radius 1 is 1.14 bits per heavy atom. The monoisotopic (exact) mass is 413 g/mol. The van der Waals surface area contributed by atoms with E-state index >= 15 is 0 Å². The number of likely N-dealkylation sites (N-methyl/N-ethyl adjacent to an activating group) is 1. The molecule has 0 bridgehead atoms. The Bertz CT molecular complexity index is 833. The molecule has 1 saturated heterocycles. The van der Waals surface area contributed by atoms with E-state index in [4.69, 9.17) is 17.0 Å². The van der Waals surface area contributed by atoms with Crippen LogP contribution >= 0.6 is 12.2 Å². The molecule has 1 heterocycles. The van der Waals surface area contributed by atoms with E-state index in [1.54, 1.807) is 23.1 Å². The number of hydrogen-bond donors (Lipinski definition) is 3. The van der Waals surface area contributed by atoms with Crippen LogP contribution in [0.5, 0.6) is 5.75 Å². The number of rotatable bonds is 6. The molecule has 3 rings (SSSR count). The summed E-state index contributed by atoms with van der Waals surface area (Å²) < 4.78 is 5.44. The Kier molecular flexibility index (Phi) is 7.43. The van der Waals surface area contributed by atoms with Crippen molar-refractivity contribution in [3.63, 3.8) is 0 Å². The zero-order valence-corrected chi connectivity index (χ0v) is 17.8. The Labute approximate surface area is 177 Å². The van der Waals surface area contributed by atoms with Gasteiger partial charge in [0.05, 0.1) is 39.3 Å². The fourth-order valence-corrected chi connectivity index (χ4v) is 3.63. The molecule has 2 aromatic rings. The first-order chi connectivity index (χ1) is 14.1. The summed E-state index contributed by atoms with van der Waals surface area (Å²) in [5, 5.41) is 6.06. The lowest BCUT2D eigenvalue weighted by atomic mass is 10.2. The second-order valence-electron chi connectivity index (χ2n) is 7.01. The van der Waals surface area contributed by atoms with Gasteiger partial charge in [0.1, 0.15) is 5.75 Å². The number of ether oxygens (including phenoxy) is 1. The maximum absolute atomic E-state index is 12.4. The summed E-state index contributed by atoms with van der Waals surface area (Å²) in [5.41, 5.74) is 2.57. The van der Waals surface area contributed by atoms with Crippen LogP contribution < -0.4 is 25.2 Å². The number of carbonyl (C=O) groups is 1. The molecule has 0 saturated carbocycles. The molecule has 0 aliphatic carbocycles. The Morgan fingerprint density at radius 3 is 2.52 bits per heavy atom. The number of quaternary nitrogens is 1. The normalized spacial score (nSPS) is 14.3. The van der Waals surface area contributed by atoms with Gasteiger partial charge < -0.3 is 19.9 Å². The van der Waals surface area contributed by atoms with Crippen molar-refractivity contribution in [2.45, 2.75) is 13.8 Å². The highest BCUT2D eigenvalue weighted by molar-refractivity contribution is 7.80. The topological polar surface area (TPSA) is 58.0 Å². The SMILES string of the molecule is CCOc1cccc(C(=O)NC(=S)Nc2ccc(N3CC[NH+](CC)CC3)cc2)c1. The molecular weight excluding hydrogens is 384 g/mol. The lowest BCUT2D eigenvalue weighted by Gasteiger charge is -2.33. The van der Waals surface area contributed by atoms with Gasteiger partial charge in [0, 0.05) is 16.9 Å². The number of benzene rings is 2. The molecule has 154 valence electrons. The molecule has 0 radical (unpaired) electrons. The zero-order valence-electron chi connectivity index (χ0n) is 17.0. The van der Waals surface area contributed by atoms with Gasteiger partial charge in [0.15, 0.2) is 5.11 Å². The van der Waals surface area contributed by atoms with Crippen molar-refractivity contribution in [3.8, 4) is 5.75 Å². The predicted octanol–water partition coefficient (Wildman–Crippen LogP) is 1.94. The van der Waals surface area contributed by atoms with E-state index in [0.29, 0.717) is 17.9 Å². The summed E-state index contributed by atoms with van der Waals surface area (Å²) in [5.74, 6) is 0.396. The minimum atomic E-state index is -0.267. The summed E-state index contributed by atoms with van der Waals surface area (Å²) in [4.78, 5) is 16.5. The first-order valence-corrected chi connectivity index (χ1v) is 10.5.